The normalized spacial score (nSPS) is 16.5. The summed E-state index contributed by atoms with van der Waals surface area (Å²) in [4.78, 5) is 25.9. The highest BCUT2D eigenvalue weighted by atomic mass is 35.5. The maximum atomic E-state index is 12.7. The minimum absolute atomic E-state index is 0.131. The van der Waals surface area contributed by atoms with Gasteiger partial charge in [0, 0.05) is 18.1 Å². The van der Waals surface area contributed by atoms with Gasteiger partial charge in [-0.1, -0.05) is 11.6 Å². The molecule has 8 nitrogen and oxygen atoms in total. The molecule has 1 aromatic carbocycles. The molecule has 0 aliphatic carbocycles. The highest BCUT2D eigenvalue weighted by Gasteiger charge is 2.32. The molecule has 0 bridgehead atoms. The van der Waals surface area contributed by atoms with Gasteiger partial charge >= 0.3 is 5.97 Å². The number of piperidine rings is 1. The van der Waals surface area contributed by atoms with E-state index in [4.69, 9.17) is 21.1 Å². The Morgan fingerprint density at radius 2 is 1.96 bits per heavy atom. The number of sulfonamides is 1. The lowest BCUT2D eigenvalue weighted by atomic mass is 9.96. The summed E-state index contributed by atoms with van der Waals surface area (Å²) in [5, 5.41) is 0.237. The lowest BCUT2D eigenvalue weighted by Gasteiger charge is -2.32. The van der Waals surface area contributed by atoms with Crippen LogP contribution in [0.15, 0.2) is 23.1 Å². The van der Waals surface area contributed by atoms with Crippen molar-refractivity contribution in [2.75, 3.05) is 26.8 Å². The van der Waals surface area contributed by atoms with Crippen molar-refractivity contribution in [3.63, 3.8) is 0 Å². The summed E-state index contributed by atoms with van der Waals surface area (Å²) in [7, 11) is -2.67. The average molecular weight is 433 g/mol. The number of halogens is 1. The van der Waals surface area contributed by atoms with Gasteiger partial charge in [0.15, 0.2) is 0 Å². The number of hydrogen-bond donors (Lipinski definition) is 1. The maximum Gasteiger partial charge on any atom is 0.309 e. The Bertz CT molecular complexity index is 821. The molecule has 156 valence electrons. The molecule has 0 aromatic heterocycles. The Balaban J connectivity index is 2.03. The first-order valence-electron chi connectivity index (χ1n) is 9.01. The van der Waals surface area contributed by atoms with Gasteiger partial charge in [-0.05, 0) is 44.9 Å². The molecule has 2 rings (SSSR count). The number of hydrogen-bond acceptors (Lipinski definition) is 6. The summed E-state index contributed by atoms with van der Waals surface area (Å²) in [6.45, 7) is 4.29. The first-order chi connectivity index (χ1) is 13.2. The predicted molar refractivity (Wildman–Crippen MR) is 104 cm³/mol. The fourth-order valence-corrected chi connectivity index (χ4v) is 4.71. The first kappa shape index (κ1) is 22.4. The van der Waals surface area contributed by atoms with E-state index in [1.165, 1.54) is 32.2 Å². The third kappa shape index (κ3) is 5.36. The summed E-state index contributed by atoms with van der Waals surface area (Å²) in [6, 6.07) is 3.25. The topological polar surface area (TPSA) is 102 Å². The zero-order valence-electron chi connectivity index (χ0n) is 16.1. The van der Waals surface area contributed by atoms with Crippen molar-refractivity contribution < 1.29 is 27.5 Å². The molecule has 10 heteroatoms. The average Bonchev–Trinajstić information content (AvgIpc) is 2.67. The van der Waals surface area contributed by atoms with E-state index < -0.39 is 16.1 Å². The number of rotatable bonds is 7. The van der Waals surface area contributed by atoms with Crippen molar-refractivity contribution in [2.24, 2.45) is 5.92 Å². The van der Waals surface area contributed by atoms with E-state index in [0.29, 0.717) is 32.5 Å². The van der Waals surface area contributed by atoms with E-state index in [1.807, 2.05) is 0 Å². The molecule has 0 saturated carbocycles. The number of benzene rings is 1. The standard InChI is InChI=1S/C18H25ClN2O6S/c1-4-27-18(23)13-7-9-21(10-8-13)17(22)12(2)20-28(24,25)16-11-14(19)5-6-15(16)26-3/h5-6,11-13,20H,4,7-10H2,1-3H3/t12-/m0/s1. The van der Waals surface area contributed by atoms with E-state index >= 15 is 0 Å². The molecule has 1 fully saturated rings. The van der Waals surface area contributed by atoms with Crippen molar-refractivity contribution in [3.05, 3.63) is 23.2 Å². The second-order valence-corrected chi connectivity index (χ2v) is 8.61. The number of nitrogens with one attached hydrogen (secondary N) is 1. The van der Waals surface area contributed by atoms with Crippen LogP contribution in [-0.4, -0.2) is 58.0 Å². The van der Waals surface area contributed by atoms with Crippen LogP contribution in [0.3, 0.4) is 0 Å². The largest absolute Gasteiger partial charge is 0.495 e. The van der Waals surface area contributed by atoms with Crippen LogP contribution < -0.4 is 9.46 Å². The third-order valence-electron chi connectivity index (χ3n) is 4.54. The van der Waals surface area contributed by atoms with Gasteiger partial charge in [0.05, 0.1) is 25.7 Å². The van der Waals surface area contributed by atoms with Crippen molar-refractivity contribution >= 4 is 33.5 Å². The van der Waals surface area contributed by atoms with Gasteiger partial charge in [0.2, 0.25) is 15.9 Å². The van der Waals surface area contributed by atoms with Crippen molar-refractivity contribution in [1.29, 1.82) is 0 Å². The van der Waals surface area contributed by atoms with E-state index in [1.54, 1.807) is 11.8 Å². The second-order valence-electron chi connectivity index (χ2n) is 6.49. The maximum absolute atomic E-state index is 12.7. The molecule has 1 amide bonds. The molecule has 0 spiro atoms. The fraction of sp³-hybridized carbons (Fsp3) is 0.556. The van der Waals surface area contributed by atoms with Crippen LogP contribution in [0.25, 0.3) is 0 Å². The fourth-order valence-electron chi connectivity index (χ4n) is 3.08. The van der Waals surface area contributed by atoms with Crippen LogP contribution in [0.5, 0.6) is 5.75 Å². The molecule has 1 heterocycles. The van der Waals surface area contributed by atoms with Gasteiger partial charge in [-0.15, -0.1) is 0 Å². The highest BCUT2D eigenvalue weighted by molar-refractivity contribution is 7.89. The highest BCUT2D eigenvalue weighted by Crippen LogP contribution is 2.27. The lowest BCUT2D eigenvalue weighted by molar-refractivity contribution is -0.151. The third-order valence-corrected chi connectivity index (χ3v) is 6.34. The van der Waals surface area contributed by atoms with E-state index in [9.17, 15) is 18.0 Å². The van der Waals surface area contributed by atoms with Gasteiger partial charge in [-0.3, -0.25) is 9.59 Å². The zero-order valence-corrected chi connectivity index (χ0v) is 17.7. The molecule has 1 atom stereocenters. The van der Waals surface area contributed by atoms with Crippen LogP contribution in [0, 0.1) is 5.92 Å². The van der Waals surface area contributed by atoms with Crippen LogP contribution in [0.2, 0.25) is 5.02 Å². The molecule has 1 saturated heterocycles. The molecule has 0 radical (unpaired) electrons. The first-order valence-corrected chi connectivity index (χ1v) is 10.9. The number of carbonyl (C=O) groups excluding carboxylic acids is 2. The molecule has 0 unspecified atom stereocenters. The zero-order chi connectivity index (χ0) is 20.9. The Morgan fingerprint density at radius 3 is 2.54 bits per heavy atom. The molecule has 28 heavy (non-hydrogen) atoms. The van der Waals surface area contributed by atoms with E-state index in [2.05, 4.69) is 4.72 Å². The van der Waals surface area contributed by atoms with E-state index in [0.717, 1.165) is 0 Å². The second kappa shape index (κ2) is 9.58. The number of esters is 1. The van der Waals surface area contributed by atoms with Gasteiger partial charge in [0.1, 0.15) is 10.6 Å². The summed E-state index contributed by atoms with van der Waals surface area (Å²) in [5.74, 6) is -0.707. The van der Waals surface area contributed by atoms with Crippen molar-refractivity contribution in [3.8, 4) is 5.75 Å². The smallest absolute Gasteiger partial charge is 0.309 e. The number of methoxy groups -OCH3 is 1. The number of amides is 1. The molecular weight excluding hydrogens is 408 g/mol. The minimum atomic E-state index is -4.02. The number of carbonyl (C=O) groups is 2. The van der Waals surface area contributed by atoms with Crippen LogP contribution in [0.4, 0.5) is 0 Å². The van der Waals surface area contributed by atoms with Gasteiger partial charge in [-0.25, -0.2) is 8.42 Å². The molecule has 1 aromatic rings. The Hall–Kier alpha value is -1.84. The number of nitrogens with zero attached hydrogens (tertiary/aromatic N) is 1. The Morgan fingerprint density at radius 1 is 1.32 bits per heavy atom. The molecular formula is C18H25ClN2O6S. The number of likely N-dealkylation sites (tertiary alicyclic amines) is 1. The lowest BCUT2D eigenvalue weighted by Crippen LogP contribution is -2.49. The van der Waals surface area contributed by atoms with Crippen molar-refractivity contribution in [1.82, 2.24) is 9.62 Å². The van der Waals surface area contributed by atoms with E-state index in [-0.39, 0.29) is 33.5 Å². The summed E-state index contributed by atoms with van der Waals surface area (Å²) < 4.78 is 37.9. The van der Waals surface area contributed by atoms with Crippen LogP contribution in [0.1, 0.15) is 26.7 Å². The quantitative estimate of drug-likeness (QED) is 0.659. The van der Waals surface area contributed by atoms with Crippen LogP contribution >= 0.6 is 11.6 Å². The summed E-state index contributed by atoms with van der Waals surface area (Å²) >= 11 is 5.90. The Labute approximate surface area is 170 Å². The minimum Gasteiger partial charge on any atom is -0.495 e. The molecule has 1 N–H and O–H groups in total. The van der Waals surface area contributed by atoms with Crippen LogP contribution in [-0.2, 0) is 24.3 Å². The summed E-state index contributed by atoms with van der Waals surface area (Å²) in [6.07, 6.45) is 0.984. The number of ether oxygens (including phenoxy) is 2. The molecule has 1 aliphatic rings. The summed E-state index contributed by atoms with van der Waals surface area (Å²) in [5.41, 5.74) is 0. The van der Waals surface area contributed by atoms with Gasteiger partial charge in [-0.2, -0.15) is 4.72 Å². The Kier molecular flexibility index (Phi) is 7.68. The SMILES string of the molecule is CCOC(=O)C1CCN(C(=O)[C@H](C)NS(=O)(=O)c2cc(Cl)ccc2OC)CC1. The van der Waals surface area contributed by atoms with Gasteiger partial charge in [0.25, 0.3) is 0 Å². The molecule has 1 aliphatic heterocycles. The predicted octanol–water partition coefficient (Wildman–Crippen LogP) is 1.82. The van der Waals surface area contributed by atoms with Crippen molar-refractivity contribution in [2.45, 2.75) is 37.6 Å². The van der Waals surface area contributed by atoms with Gasteiger partial charge < -0.3 is 14.4 Å². The monoisotopic (exact) mass is 432 g/mol.